The van der Waals surface area contributed by atoms with E-state index in [1.54, 1.807) is 6.07 Å². The third-order valence-corrected chi connectivity index (χ3v) is 3.30. The van der Waals surface area contributed by atoms with Crippen LogP contribution in [0.3, 0.4) is 0 Å². The first-order valence-corrected chi connectivity index (χ1v) is 5.52. The van der Waals surface area contributed by atoms with Crippen molar-refractivity contribution in [2.75, 3.05) is 0 Å². The Hall–Kier alpha value is -1.57. The topological polar surface area (TPSA) is 52.0 Å². The van der Waals surface area contributed by atoms with Gasteiger partial charge in [0.05, 0.1) is 11.7 Å². The maximum atomic E-state index is 12.3. The van der Waals surface area contributed by atoms with Gasteiger partial charge >= 0.3 is 15.5 Å². The van der Waals surface area contributed by atoms with Crippen LogP contribution in [0.1, 0.15) is 0 Å². The van der Waals surface area contributed by atoms with Crippen LogP contribution in [0, 0.1) is 0 Å². The fourth-order valence-corrected chi connectivity index (χ4v) is 2.03. The molecule has 0 atom stereocenters. The molecule has 16 heavy (non-hydrogen) atoms. The Morgan fingerprint density at radius 3 is 2.44 bits per heavy atom. The van der Waals surface area contributed by atoms with E-state index in [9.17, 15) is 21.6 Å². The smallest absolute Gasteiger partial charge is 0.195 e. The van der Waals surface area contributed by atoms with Crippen molar-refractivity contribution >= 4 is 20.9 Å². The molecule has 0 spiro atoms. The van der Waals surface area contributed by atoms with E-state index in [4.69, 9.17) is 0 Å². The molecule has 0 aliphatic heterocycles. The first kappa shape index (κ1) is 10.9. The molecular formula is C8H5F3N2O2S. The Bertz CT molecular complexity index is 630. The number of rotatable bonds is 1. The van der Waals surface area contributed by atoms with Gasteiger partial charge in [-0.05, 0) is 6.07 Å². The summed E-state index contributed by atoms with van der Waals surface area (Å²) >= 11 is 0. The summed E-state index contributed by atoms with van der Waals surface area (Å²) in [4.78, 5) is 0. The van der Waals surface area contributed by atoms with Crippen LogP contribution in [-0.4, -0.2) is 23.1 Å². The highest BCUT2D eigenvalue weighted by Crippen LogP contribution is 2.27. The van der Waals surface area contributed by atoms with Gasteiger partial charge in [-0.1, -0.05) is 18.2 Å². The lowest BCUT2D eigenvalue weighted by Gasteiger charge is -2.08. The number of fused-ring (bicyclic) bond motifs is 1. The van der Waals surface area contributed by atoms with Crippen molar-refractivity contribution in [2.24, 2.45) is 0 Å². The van der Waals surface area contributed by atoms with Crippen molar-refractivity contribution in [3.05, 3.63) is 30.5 Å². The van der Waals surface area contributed by atoms with Crippen molar-refractivity contribution in [3.63, 3.8) is 0 Å². The maximum absolute atomic E-state index is 12.3. The zero-order chi connectivity index (χ0) is 12.0. The van der Waals surface area contributed by atoms with E-state index in [2.05, 4.69) is 5.10 Å². The average molecular weight is 250 g/mol. The zero-order valence-corrected chi connectivity index (χ0v) is 8.46. The van der Waals surface area contributed by atoms with Crippen LogP contribution in [0.4, 0.5) is 13.2 Å². The van der Waals surface area contributed by atoms with Gasteiger partial charge in [-0.2, -0.15) is 26.7 Å². The number of nitrogens with zero attached hydrogens (tertiary/aromatic N) is 2. The van der Waals surface area contributed by atoms with Gasteiger partial charge in [-0.15, -0.1) is 4.09 Å². The summed E-state index contributed by atoms with van der Waals surface area (Å²) in [6.07, 6.45) is 1.07. The SMILES string of the molecule is O=S(=O)(n1ncc2ccccc21)C(F)(F)F. The van der Waals surface area contributed by atoms with E-state index in [0.717, 1.165) is 6.20 Å². The lowest BCUT2D eigenvalue weighted by molar-refractivity contribution is -0.0448. The molecule has 4 nitrogen and oxygen atoms in total. The molecule has 0 aliphatic carbocycles. The predicted molar refractivity (Wildman–Crippen MR) is 50.1 cm³/mol. The highest BCUT2D eigenvalue weighted by Gasteiger charge is 2.48. The monoisotopic (exact) mass is 250 g/mol. The number of hydrogen-bond donors (Lipinski definition) is 0. The Balaban J connectivity index is 2.75. The van der Waals surface area contributed by atoms with Gasteiger partial charge in [0.25, 0.3) is 0 Å². The third-order valence-electron chi connectivity index (χ3n) is 1.96. The molecule has 8 heteroatoms. The second-order valence-electron chi connectivity index (χ2n) is 3.00. The molecule has 0 fully saturated rings. The third kappa shape index (κ3) is 1.45. The Morgan fingerprint density at radius 1 is 1.19 bits per heavy atom. The maximum Gasteiger partial charge on any atom is 0.518 e. The fourth-order valence-electron chi connectivity index (χ4n) is 1.24. The van der Waals surface area contributed by atoms with Crippen molar-refractivity contribution < 1.29 is 21.6 Å². The number of halogens is 3. The Labute approximate surface area is 88.3 Å². The van der Waals surface area contributed by atoms with Gasteiger partial charge < -0.3 is 0 Å². The van der Waals surface area contributed by atoms with Crippen molar-refractivity contribution in [1.29, 1.82) is 0 Å². The van der Waals surface area contributed by atoms with Gasteiger partial charge in [-0.3, -0.25) is 0 Å². The molecule has 1 aromatic carbocycles. The van der Waals surface area contributed by atoms with Crippen LogP contribution < -0.4 is 0 Å². The highest BCUT2D eigenvalue weighted by atomic mass is 32.2. The van der Waals surface area contributed by atoms with Crippen molar-refractivity contribution in [1.82, 2.24) is 9.19 Å². The van der Waals surface area contributed by atoms with Crippen LogP contribution in [0.5, 0.6) is 0 Å². The molecule has 0 saturated heterocycles. The number of alkyl halides is 3. The molecule has 0 aliphatic rings. The molecule has 0 N–H and O–H groups in total. The van der Waals surface area contributed by atoms with Crippen LogP contribution in [0.25, 0.3) is 10.9 Å². The summed E-state index contributed by atoms with van der Waals surface area (Å²) in [6.45, 7) is 0. The highest BCUT2D eigenvalue weighted by molar-refractivity contribution is 7.90. The summed E-state index contributed by atoms with van der Waals surface area (Å²) < 4.78 is 59.0. The van der Waals surface area contributed by atoms with E-state index in [0.29, 0.717) is 5.39 Å². The Morgan fingerprint density at radius 2 is 1.81 bits per heavy atom. The van der Waals surface area contributed by atoms with E-state index in [1.807, 2.05) is 0 Å². The summed E-state index contributed by atoms with van der Waals surface area (Å²) in [5.41, 5.74) is -5.46. The normalized spacial score (nSPS) is 13.2. The minimum absolute atomic E-state index is 0.0116. The standard InChI is InChI=1S/C8H5F3N2O2S/c9-8(10,11)16(14,15)13-7-4-2-1-3-6(7)5-12-13/h1-5H. The molecule has 2 aromatic rings. The van der Waals surface area contributed by atoms with Crippen molar-refractivity contribution in [3.8, 4) is 0 Å². The molecule has 1 aromatic heterocycles. The zero-order valence-electron chi connectivity index (χ0n) is 7.64. The first-order valence-electron chi connectivity index (χ1n) is 4.08. The minimum atomic E-state index is -5.45. The quantitative estimate of drug-likeness (QED) is 0.774. The lowest BCUT2D eigenvalue weighted by Crippen LogP contribution is -2.30. The van der Waals surface area contributed by atoms with E-state index in [1.165, 1.54) is 18.2 Å². The van der Waals surface area contributed by atoms with Gasteiger partial charge in [0.1, 0.15) is 0 Å². The van der Waals surface area contributed by atoms with E-state index >= 15 is 0 Å². The molecular weight excluding hydrogens is 245 g/mol. The predicted octanol–water partition coefficient (Wildman–Crippen LogP) is 1.73. The van der Waals surface area contributed by atoms with E-state index in [-0.39, 0.29) is 9.60 Å². The van der Waals surface area contributed by atoms with Crippen LogP contribution in [0.2, 0.25) is 0 Å². The average Bonchev–Trinajstić information content (AvgIpc) is 2.59. The molecule has 2 rings (SSSR count). The molecule has 0 radical (unpaired) electrons. The lowest BCUT2D eigenvalue weighted by atomic mass is 10.3. The molecule has 1 heterocycles. The number of benzene rings is 1. The van der Waals surface area contributed by atoms with Gasteiger partial charge in [0, 0.05) is 5.39 Å². The van der Waals surface area contributed by atoms with E-state index < -0.39 is 15.5 Å². The summed E-state index contributed by atoms with van der Waals surface area (Å²) in [5, 5.41) is 3.57. The van der Waals surface area contributed by atoms with Gasteiger partial charge in [-0.25, -0.2) is 0 Å². The molecule has 0 saturated carbocycles. The van der Waals surface area contributed by atoms with Gasteiger partial charge in [0.15, 0.2) is 0 Å². The minimum Gasteiger partial charge on any atom is -0.195 e. The van der Waals surface area contributed by atoms with Crippen molar-refractivity contribution in [2.45, 2.75) is 5.51 Å². The van der Waals surface area contributed by atoms with Crippen LogP contribution in [-0.2, 0) is 10.0 Å². The molecule has 0 bridgehead atoms. The largest absolute Gasteiger partial charge is 0.518 e. The van der Waals surface area contributed by atoms with Crippen LogP contribution in [0.15, 0.2) is 30.5 Å². The second kappa shape index (κ2) is 3.21. The summed E-state index contributed by atoms with van der Waals surface area (Å²) in [6, 6.07) is 5.75. The number of hydrogen-bond acceptors (Lipinski definition) is 3. The first-order chi connectivity index (χ1) is 7.34. The number of para-hydroxylation sites is 1. The van der Waals surface area contributed by atoms with Crippen LogP contribution >= 0.6 is 0 Å². The Kier molecular flexibility index (Phi) is 2.19. The molecule has 86 valence electrons. The van der Waals surface area contributed by atoms with Gasteiger partial charge in [0.2, 0.25) is 0 Å². The fraction of sp³-hybridized carbons (Fsp3) is 0.125. The number of aromatic nitrogens is 2. The second-order valence-corrected chi connectivity index (χ2v) is 4.76. The molecule has 0 amide bonds. The summed E-state index contributed by atoms with van der Waals surface area (Å²) in [5.74, 6) is 0. The molecule has 0 unspecified atom stereocenters. The summed E-state index contributed by atoms with van der Waals surface area (Å²) in [7, 11) is -5.45.